The van der Waals surface area contributed by atoms with Crippen LogP contribution < -0.4 is 0 Å². The van der Waals surface area contributed by atoms with Crippen molar-refractivity contribution in [1.82, 2.24) is 4.98 Å². The van der Waals surface area contributed by atoms with Gasteiger partial charge in [0.25, 0.3) is 0 Å². The summed E-state index contributed by atoms with van der Waals surface area (Å²) >= 11 is 5.86. The number of rotatable bonds is 4. The van der Waals surface area contributed by atoms with Gasteiger partial charge in [-0.3, -0.25) is 9.78 Å². The summed E-state index contributed by atoms with van der Waals surface area (Å²) in [7, 11) is 0. The van der Waals surface area contributed by atoms with E-state index in [9.17, 15) is 4.79 Å². The van der Waals surface area contributed by atoms with Gasteiger partial charge < -0.3 is 0 Å². The Bertz CT molecular complexity index is 549. The van der Waals surface area contributed by atoms with Crippen LogP contribution in [0.4, 0.5) is 0 Å². The van der Waals surface area contributed by atoms with Gasteiger partial charge in [0.2, 0.25) is 0 Å². The fourth-order valence-electron chi connectivity index (χ4n) is 1.70. The molecule has 3 heteroatoms. The van der Waals surface area contributed by atoms with Crippen LogP contribution in [0.15, 0.2) is 42.6 Å². The molecule has 0 atom stereocenters. The SMILES string of the molecule is CCc1ccc(CC(=O)c2cccc(Cl)c2)nc1. The summed E-state index contributed by atoms with van der Waals surface area (Å²) in [6.07, 6.45) is 3.08. The number of hydrogen-bond donors (Lipinski definition) is 0. The Kier molecular flexibility index (Phi) is 4.11. The highest BCUT2D eigenvalue weighted by Crippen LogP contribution is 2.13. The van der Waals surface area contributed by atoms with E-state index in [-0.39, 0.29) is 5.78 Å². The average molecular weight is 260 g/mol. The van der Waals surface area contributed by atoms with E-state index in [1.54, 1.807) is 24.3 Å². The molecule has 0 unspecified atom stereocenters. The smallest absolute Gasteiger partial charge is 0.168 e. The van der Waals surface area contributed by atoms with Crippen LogP contribution in [0.2, 0.25) is 5.02 Å². The van der Waals surface area contributed by atoms with Crippen LogP contribution in [0, 0.1) is 0 Å². The summed E-state index contributed by atoms with van der Waals surface area (Å²) in [5.41, 5.74) is 2.59. The summed E-state index contributed by atoms with van der Waals surface area (Å²) < 4.78 is 0. The Hall–Kier alpha value is -1.67. The van der Waals surface area contributed by atoms with Crippen LogP contribution in [-0.2, 0) is 12.8 Å². The first-order valence-electron chi connectivity index (χ1n) is 5.91. The highest BCUT2D eigenvalue weighted by atomic mass is 35.5. The molecule has 92 valence electrons. The normalized spacial score (nSPS) is 10.3. The minimum Gasteiger partial charge on any atom is -0.294 e. The van der Waals surface area contributed by atoms with Crippen LogP contribution in [0.25, 0.3) is 0 Å². The Labute approximate surface area is 112 Å². The van der Waals surface area contributed by atoms with Gasteiger partial charge in [0.1, 0.15) is 0 Å². The molecule has 0 bridgehead atoms. The maximum Gasteiger partial charge on any atom is 0.168 e. The highest BCUT2D eigenvalue weighted by molar-refractivity contribution is 6.31. The number of aryl methyl sites for hydroxylation is 1. The molecule has 2 nitrogen and oxygen atoms in total. The van der Waals surface area contributed by atoms with E-state index < -0.39 is 0 Å². The molecule has 0 saturated carbocycles. The van der Waals surface area contributed by atoms with Crippen molar-refractivity contribution < 1.29 is 4.79 Å². The zero-order valence-corrected chi connectivity index (χ0v) is 10.9. The second-order valence-electron chi connectivity index (χ2n) is 4.12. The van der Waals surface area contributed by atoms with E-state index in [4.69, 9.17) is 11.6 Å². The summed E-state index contributed by atoms with van der Waals surface area (Å²) in [5, 5.41) is 0.579. The fourth-order valence-corrected chi connectivity index (χ4v) is 1.89. The predicted octanol–water partition coefficient (Wildman–Crippen LogP) is 3.72. The molecule has 1 heterocycles. The van der Waals surface area contributed by atoms with E-state index in [2.05, 4.69) is 11.9 Å². The van der Waals surface area contributed by atoms with Crippen molar-refractivity contribution >= 4 is 17.4 Å². The first-order chi connectivity index (χ1) is 8.69. The molecule has 2 rings (SSSR count). The Balaban J connectivity index is 2.11. The molecular weight excluding hydrogens is 246 g/mol. The fraction of sp³-hybridized carbons (Fsp3) is 0.200. The summed E-state index contributed by atoms with van der Waals surface area (Å²) in [5.74, 6) is 0.0363. The standard InChI is InChI=1S/C15H14ClNO/c1-2-11-6-7-14(17-10-11)9-15(18)12-4-3-5-13(16)8-12/h3-8,10H,2,9H2,1H3. The lowest BCUT2D eigenvalue weighted by Gasteiger charge is -2.02. The predicted molar refractivity (Wildman–Crippen MR) is 73.1 cm³/mol. The van der Waals surface area contributed by atoms with E-state index >= 15 is 0 Å². The first-order valence-corrected chi connectivity index (χ1v) is 6.29. The molecule has 0 saturated heterocycles. The minimum absolute atomic E-state index is 0.0363. The van der Waals surface area contributed by atoms with Crippen LogP contribution >= 0.6 is 11.6 Å². The summed E-state index contributed by atoms with van der Waals surface area (Å²) in [6, 6.07) is 10.9. The second kappa shape index (κ2) is 5.78. The number of aromatic nitrogens is 1. The van der Waals surface area contributed by atoms with Gasteiger partial charge in [-0.25, -0.2) is 0 Å². The summed E-state index contributed by atoms with van der Waals surface area (Å²) in [6.45, 7) is 2.08. The molecule has 0 amide bonds. The molecule has 0 fully saturated rings. The van der Waals surface area contributed by atoms with E-state index in [1.807, 2.05) is 18.3 Å². The number of carbonyl (C=O) groups is 1. The van der Waals surface area contributed by atoms with Crippen molar-refractivity contribution in [2.45, 2.75) is 19.8 Å². The van der Waals surface area contributed by atoms with E-state index in [0.717, 1.165) is 12.1 Å². The van der Waals surface area contributed by atoms with Crippen molar-refractivity contribution in [1.29, 1.82) is 0 Å². The third kappa shape index (κ3) is 3.17. The maximum absolute atomic E-state index is 12.0. The molecule has 0 aliphatic rings. The third-order valence-electron chi connectivity index (χ3n) is 2.78. The van der Waals surface area contributed by atoms with Gasteiger partial charge in [0, 0.05) is 22.5 Å². The van der Waals surface area contributed by atoms with Crippen LogP contribution in [0.3, 0.4) is 0 Å². The van der Waals surface area contributed by atoms with Gasteiger partial charge in [-0.2, -0.15) is 0 Å². The lowest BCUT2D eigenvalue weighted by molar-refractivity contribution is 0.0992. The van der Waals surface area contributed by atoms with Crippen molar-refractivity contribution in [3.63, 3.8) is 0 Å². The van der Waals surface area contributed by atoms with Gasteiger partial charge in [-0.05, 0) is 30.2 Å². The molecule has 18 heavy (non-hydrogen) atoms. The average Bonchev–Trinajstić information content (AvgIpc) is 2.39. The molecule has 0 spiro atoms. The van der Waals surface area contributed by atoms with Crippen molar-refractivity contribution in [3.05, 3.63) is 64.4 Å². The second-order valence-corrected chi connectivity index (χ2v) is 4.56. The lowest BCUT2D eigenvalue weighted by Crippen LogP contribution is -2.05. The number of ketones is 1. The molecule has 0 radical (unpaired) electrons. The number of benzene rings is 1. The van der Waals surface area contributed by atoms with E-state index in [1.165, 1.54) is 5.56 Å². The molecule has 2 aromatic rings. The van der Waals surface area contributed by atoms with Crippen LogP contribution in [0.1, 0.15) is 28.5 Å². The van der Waals surface area contributed by atoms with Crippen molar-refractivity contribution in [2.75, 3.05) is 0 Å². The summed E-state index contributed by atoms with van der Waals surface area (Å²) in [4.78, 5) is 16.3. The van der Waals surface area contributed by atoms with Crippen molar-refractivity contribution in [2.24, 2.45) is 0 Å². The topological polar surface area (TPSA) is 30.0 Å². The number of nitrogens with zero attached hydrogens (tertiary/aromatic N) is 1. The van der Waals surface area contributed by atoms with Gasteiger partial charge in [0.15, 0.2) is 5.78 Å². The number of carbonyl (C=O) groups excluding carboxylic acids is 1. The monoisotopic (exact) mass is 259 g/mol. The van der Waals surface area contributed by atoms with Gasteiger partial charge >= 0.3 is 0 Å². The minimum atomic E-state index is 0.0363. The van der Waals surface area contributed by atoms with Crippen molar-refractivity contribution in [3.8, 4) is 0 Å². The van der Waals surface area contributed by atoms with Gasteiger partial charge in [0.05, 0.1) is 6.42 Å². The zero-order chi connectivity index (χ0) is 13.0. The molecule has 1 aromatic heterocycles. The molecular formula is C15H14ClNO. The molecule has 0 aliphatic heterocycles. The number of pyridine rings is 1. The first kappa shape index (κ1) is 12.8. The largest absolute Gasteiger partial charge is 0.294 e. The maximum atomic E-state index is 12.0. The zero-order valence-electron chi connectivity index (χ0n) is 10.2. The third-order valence-corrected chi connectivity index (χ3v) is 3.02. The number of halogens is 1. The van der Waals surface area contributed by atoms with Crippen LogP contribution in [-0.4, -0.2) is 10.8 Å². The Morgan fingerprint density at radius 2 is 2.11 bits per heavy atom. The quantitative estimate of drug-likeness (QED) is 0.784. The molecule has 0 N–H and O–H groups in total. The number of Topliss-reactive ketones (excluding diaryl/α,β-unsaturated/α-hetero) is 1. The highest BCUT2D eigenvalue weighted by Gasteiger charge is 2.08. The Morgan fingerprint density at radius 1 is 1.28 bits per heavy atom. The molecule has 1 aromatic carbocycles. The lowest BCUT2D eigenvalue weighted by atomic mass is 10.1. The van der Waals surface area contributed by atoms with Crippen LogP contribution in [0.5, 0.6) is 0 Å². The van der Waals surface area contributed by atoms with E-state index in [0.29, 0.717) is 17.0 Å². The number of hydrogen-bond acceptors (Lipinski definition) is 2. The Morgan fingerprint density at radius 3 is 2.72 bits per heavy atom. The molecule has 0 aliphatic carbocycles. The van der Waals surface area contributed by atoms with Gasteiger partial charge in [-0.15, -0.1) is 0 Å². The van der Waals surface area contributed by atoms with Gasteiger partial charge in [-0.1, -0.05) is 36.7 Å².